The van der Waals surface area contributed by atoms with Gasteiger partial charge in [0.15, 0.2) is 0 Å². The van der Waals surface area contributed by atoms with Crippen molar-refractivity contribution in [1.82, 2.24) is 14.5 Å². The molecule has 2 unspecified atom stereocenters. The molecular weight excluding hydrogens is 242 g/mol. The van der Waals surface area contributed by atoms with Gasteiger partial charge in [0, 0.05) is 25.1 Å². The molecule has 1 N–H and O–H groups in total. The average molecular weight is 263 g/mol. The molecule has 5 heteroatoms. The molecular formula is C14H21N3O2. The molecule has 0 amide bonds. The molecule has 1 saturated heterocycles. The Hall–Kier alpha value is -1.36. The Morgan fingerprint density at radius 2 is 2.37 bits per heavy atom. The number of carbonyl (C=O) groups is 1. The van der Waals surface area contributed by atoms with Crippen LogP contribution in [0.2, 0.25) is 0 Å². The lowest BCUT2D eigenvalue weighted by atomic mass is 10.0. The topological polar surface area (TPSA) is 58.4 Å². The molecule has 0 spiro atoms. The van der Waals surface area contributed by atoms with Crippen LogP contribution in [0.3, 0.4) is 0 Å². The molecule has 1 fully saturated rings. The van der Waals surface area contributed by atoms with Crippen molar-refractivity contribution >= 4 is 5.97 Å². The smallest absolute Gasteiger partial charge is 0.326 e. The predicted octanol–water partition coefficient (Wildman–Crippen LogP) is 1.65. The Morgan fingerprint density at radius 3 is 3.05 bits per heavy atom. The number of fused-ring (bicyclic) bond motifs is 1. The first-order valence-corrected chi connectivity index (χ1v) is 7.22. The summed E-state index contributed by atoms with van der Waals surface area (Å²) in [6, 6.07) is -0.409. The number of hydrogen-bond donors (Lipinski definition) is 1. The Bertz CT molecular complexity index is 483. The minimum atomic E-state index is -0.730. The number of nitrogens with zero attached hydrogens (tertiary/aromatic N) is 3. The molecule has 19 heavy (non-hydrogen) atoms. The highest BCUT2D eigenvalue weighted by Gasteiger charge is 2.30. The van der Waals surface area contributed by atoms with Gasteiger partial charge in [-0.05, 0) is 32.4 Å². The summed E-state index contributed by atoms with van der Waals surface area (Å²) >= 11 is 0. The number of aromatic nitrogens is 2. The third kappa shape index (κ3) is 2.27. The van der Waals surface area contributed by atoms with E-state index in [-0.39, 0.29) is 0 Å². The van der Waals surface area contributed by atoms with Gasteiger partial charge in [-0.1, -0.05) is 6.92 Å². The fourth-order valence-corrected chi connectivity index (χ4v) is 3.30. The van der Waals surface area contributed by atoms with E-state index < -0.39 is 12.0 Å². The lowest BCUT2D eigenvalue weighted by molar-refractivity contribution is -0.141. The Balaban J connectivity index is 1.84. The number of likely N-dealkylation sites (tertiary alicyclic amines) is 1. The van der Waals surface area contributed by atoms with Crippen molar-refractivity contribution in [2.75, 3.05) is 19.6 Å². The van der Waals surface area contributed by atoms with E-state index in [2.05, 4.69) is 11.8 Å². The Labute approximate surface area is 113 Å². The number of carboxylic acids is 1. The summed E-state index contributed by atoms with van der Waals surface area (Å²) in [6.45, 7) is 5.46. The summed E-state index contributed by atoms with van der Waals surface area (Å²) in [5, 5.41) is 9.28. The number of aliphatic carboxylic acids is 1. The van der Waals surface area contributed by atoms with Gasteiger partial charge in [-0.25, -0.2) is 9.78 Å². The van der Waals surface area contributed by atoms with Gasteiger partial charge in [-0.3, -0.25) is 0 Å². The summed E-state index contributed by atoms with van der Waals surface area (Å²) < 4.78 is 1.90. The Morgan fingerprint density at radius 1 is 1.53 bits per heavy atom. The highest BCUT2D eigenvalue weighted by atomic mass is 16.4. The highest BCUT2D eigenvalue weighted by Crippen LogP contribution is 2.31. The van der Waals surface area contributed by atoms with Crippen molar-refractivity contribution in [1.29, 1.82) is 0 Å². The zero-order valence-corrected chi connectivity index (χ0v) is 11.4. The van der Waals surface area contributed by atoms with Crippen molar-refractivity contribution in [2.45, 2.75) is 44.6 Å². The molecule has 104 valence electrons. The molecule has 5 nitrogen and oxygen atoms in total. The van der Waals surface area contributed by atoms with Crippen LogP contribution in [0, 0.1) is 0 Å². The van der Waals surface area contributed by atoms with E-state index in [4.69, 9.17) is 4.98 Å². The summed E-state index contributed by atoms with van der Waals surface area (Å²) in [5.74, 6) is 0.711. The zero-order valence-electron chi connectivity index (χ0n) is 11.4. The number of aryl methyl sites for hydroxylation is 1. The van der Waals surface area contributed by atoms with Gasteiger partial charge in [0.25, 0.3) is 0 Å². The van der Waals surface area contributed by atoms with E-state index >= 15 is 0 Å². The molecule has 2 aliphatic rings. The quantitative estimate of drug-likeness (QED) is 0.901. The lowest BCUT2D eigenvalue weighted by Crippen LogP contribution is -2.24. The van der Waals surface area contributed by atoms with E-state index in [1.54, 1.807) is 0 Å². The molecule has 0 bridgehead atoms. The molecule has 0 aromatic carbocycles. The fourth-order valence-electron chi connectivity index (χ4n) is 3.30. The maximum atomic E-state index is 11.3. The van der Waals surface area contributed by atoms with E-state index in [0.29, 0.717) is 5.92 Å². The molecule has 0 aliphatic carbocycles. The maximum absolute atomic E-state index is 11.3. The van der Waals surface area contributed by atoms with Crippen LogP contribution >= 0.6 is 0 Å². The molecule has 3 rings (SSSR count). The highest BCUT2D eigenvalue weighted by molar-refractivity contribution is 5.72. The normalized spacial score (nSPS) is 27.4. The molecule has 2 atom stereocenters. The third-order valence-electron chi connectivity index (χ3n) is 4.46. The van der Waals surface area contributed by atoms with Crippen LogP contribution in [0.4, 0.5) is 0 Å². The van der Waals surface area contributed by atoms with Crippen LogP contribution in [-0.4, -0.2) is 45.2 Å². The second kappa shape index (κ2) is 4.96. The van der Waals surface area contributed by atoms with Gasteiger partial charge >= 0.3 is 5.97 Å². The number of hydrogen-bond acceptors (Lipinski definition) is 3. The minimum Gasteiger partial charge on any atom is -0.480 e. The van der Waals surface area contributed by atoms with Gasteiger partial charge in [-0.2, -0.15) is 0 Å². The predicted molar refractivity (Wildman–Crippen MR) is 71.3 cm³/mol. The zero-order chi connectivity index (χ0) is 13.4. The largest absolute Gasteiger partial charge is 0.480 e. The number of imidazole rings is 1. The van der Waals surface area contributed by atoms with Gasteiger partial charge in [-0.15, -0.1) is 0 Å². The Kier molecular flexibility index (Phi) is 3.31. The van der Waals surface area contributed by atoms with Crippen LogP contribution in [0.1, 0.15) is 49.7 Å². The lowest BCUT2D eigenvalue weighted by Gasteiger charge is -2.21. The van der Waals surface area contributed by atoms with Crippen LogP contribution in [0.15, 0.2) is 6.20 Å². The van der Waals surface area contributed by atoms with Crippen molar-refractivity contribution < 1.29 is 9.90 Å². The van der Waals surface area contributed by atoms with Crippen molar-refractivity contribution in [2.24, 2.45) is 0 Å². The van der Waals surface area contributed by atoms with Crippen LogP contribution in [0.25, 0.3) is 0 Å². The monoisotopic (exact) mass is 263 g/mol. The molecule has 0 radical (unpaired) electrons. The summed E-state index contributed by atoms with van der Waals surface area (Å²) in [5.41, 5.74) is 1.10. The van der Waals surface area contributed by atoms with Crippen LogP contribution in [-0.2, 0) is 11.2 Å². The first kappa shape index (κ1) is 12.7. The molecule has 1 aromatic rings. The van der Waals surface area contributed by atoms with Gasteiger partial charge < -0.3 is 14.6 Å². The first-order valence-electron chi connectivity index (χ1n) is 7.22. The average Bonchev–Trinajstić information content (AvgIpc) is 3.03. The molecule has 2 aliphatic heterocycles. The van der Waals surface area contributed by atoms with Crippen LogP contribution < -0.4 is 0 Å². The second-order valence-corrected chi connectivity index (χ2v) is 5.61. The second-order valence-electron chi connectivity index (χ2n) is 5.61. The van der Waals surface area contributed by atoms with Crippen LogP contribution in [0.5, 0.6) is 0 Å². The van der Waals surface area contributed by atoms with Crippen molar-refractivity contribution in [3.05, 3.63) is 17.7 Å². The standard InChI is InChI=1S/C14H21N3O2/c1-2-16-7-6-10(8-16)11-9-17-12(14(18)19)4-3-5-13(17)15-11/h9-10,12H,2-8H2,1H3,(H,18,19). The molecule has 3 heterocycles. The van der Waals surface area contributed by atoms with E-state index in [1.807, 2.05) is 10.8 Å². The summed E-state index contributed by atoms with van der Waals surface area (Å²) in [4.78, 5) is 18.4. The van der Waals surface area contributed by atoms with E-state index in [1.165, 1.54) is 0 Å². The van der Waals surface area contributed by atoms with Crippen molar-refractivity contribution in [3.8, 4) is 0 Å². The maximum Gasteiger partial charge on any atom is 0.326 e. The van der Waals surface area contributed by atoms with E-state index in [0.717, 1.165) is 56.8 Å². The fraction of sp³-hybridized carbons (Fsp3) is 0.714. The summed E-state index contributed by atoms with van der Waals surface area (Å²) in [6.07, 6.45) is 5.70. The third-order valence-corrected chi connectivity index (χ3v) is 4.46. The van der Waals surface area contributed by atoms with Gasteiger partial charge in [0.1, 0.15) is 11.9 Å². The number of likely N-dealkylation sites (N-methyl/N-ethyl adjacent to an activating group) is 1. The number of carboxylic acid groups (broad SMARTS) is 1. The van der Waals surface area contributed by atoms with Gasteiger partial charge in [0.05, 0.1) is 5.69 Å². The molecule has 0 saturated carbocycles. The van der Waals surface area contributed by atoms with Gasteiger partial charge in [0.2, 0.25) is 0 Å². The minimum absolute atomic E-state index is 0.409. The SMILES string of the molecule is CCN1CCC(c2cn3c(n2)CCCC3C(=O)O)C1. The molecule has 1 aromatic heterocycles. The van der Waals surface area contributed by atoms with E-state index in [9.17, 15) is 9.90 Å². The summed E-state index contributed by atoms with van der Waals surface area (Å²) in [7, 11) is 0. The number of rotatable bonds is 3. The first-order chi connectivity index (χ1) is 9.19. The van der Waals surface area contributed by atoms with Crippen molar-refractivity contribution in [3.63, 3.8) is 0 Å².